The summed E-state index contributed by atoms with van der Waals surface area (Å²) in [6.07, 6.45) is 9.19. The molecule has 6 nitrogen and oxygen atoms in total. The summed E-state index contributed by atoms with van der Waals surface area (Å²) in [7, 11) is 0. The second-order valence-electron chi connectivity index (χ2n) is 5.70. The van der Waals surface area contributed by atoms with Crippen molar-refractivity contribution in [2.45, 2.75) is 45.4 Å². The van der Waals surface area contributed by atoms with Crippen molar-refractivity contribution in [3.8, 4) is 5.88 Å². The number of imidazole rings is 1. The number of H-pyrrole nitrogens is 1. The molecule has 6 heteroatoms. The Morgan fingerprint density at radius 1 is 1.29 bits per heavy atom. The van der Waals surface area contributed by atoms with Gasteiger partial charge in [-0.05, 0) is 25.2 Å². The largest absolute Gasteiger partial charge is 0.476 e. The van der Waals surface area contributed by atoms with Crippen LogP contribution in [0.2, 0.25) is 0 Å². The van der Waals surface area contributed by atoms with Crippen molar-refractivity contribution in [2.24, 2.45) is 5.92 Å². The number of hydrogen-bond donors (Lipinski definition) is 2. The van der Waals surface area contributed by atoms with Gasteiger partial charge in [0.05, 0.1) is 12.9 Å². The zero-order valence-electron chi connectivity index (χ0n) is 12.6. The molecule has 0 spiro atoms. The summed E-state index contributed by atoms with van der Waals surface area (Å²) in [6, 6.07) is 0. The molecule has 21 heavy (non-hydrogen) atoms. The van der Waals surface area contributed by atoms with Gasteiger partial charge in [0, 0.05) is 6.54 Å². The first-order chi connectivity index (χ1) is 10.4. The molecule has 1 aliphatic carbocycles. The summed E-state index contributed by atoms with van der Waals surface area (Å²) in [5.41, 5.74) is 1.44. The lowest BCUT2D eigenvalue weighted by atomic mass is 9.90. The molecular formula is C15H23N5O. The van der Waals surface area contributed by atoms with E-state index in [1.807, 2.05) is 0 Å². The molecule has 0 amide bonds. The SMILES string of the molecule is CCCNc1nc(OCC2CCCCC2)c2[nH]cnc2n1. The van der Waals surface area contributed by atoms with Crippen molar-refractivity contribution >= 4 is 17.1 Å². The second-order valence-corrected chi connectivity index (χ2v) is 5.70. The molecule has 2 aromatic rings. The second kappa shape index (κ2) is 6.74. The number of ether oxygens (including phenoxy) is 1. The van der Waals surface area contributed by atoms with Crippen molar-refractivity contribution in [2.75, 3.05) is 18.5 Å². The lowest BCUT2D eigenvalue weighted by molar-refractivity contribution is 0.205. The number of aromatic nitrogens is 4. The van der Waals surface area contributed by atoms with Crippen LogP contribution in [-0.2, 0) is 0 Å². The summed E-state index contributed by atoms with van der Waals surface area (Å²) < 4.78 is 5.98. The third-order valence-electron chi connectivity index (χ3n) is 3.97. The van der Waals surface area contributed by atoms with E-state index in [1.165, 1.54) is 32.1 Å². The molecule has 0 unspecified atom stereocenters. The van der Waals surface area contributed by atoms with Gasteiger partial charge in [-0.1, -0.05) is 26.2 Å². The number of rotatable bonds is 6. The van der Waals surface area contributed by atoms with E-state index in [4.69, 9.17) is 4.74 Å². The molecule has 0 aromatic carbocycles. The van der Waals surface area contributed by atoms with E-state index >= 15 is 0 Å². The van der Waals surface area contributed by atoms with Crippen LogP contribution in [-0.4, -0.2) is 33.1 Å². The summed E-state index contributed by atoms with van der Waals surface area (Å²) in [5, 5.41) is 3.20. The number of anilines is 1. The maximum absolute atomic E-state index is 5.98. The van der Waals surface area contributed by atoms with Gasteiger partial charge < -0.3 is 15.0 Å². The topological polar surface area (TPSA) is 75.7 Å². The molecule has 2 heterocycles. The van der Waals surface area contributed by atoms with E-state index in [0.717, 1.165) is 25.1 Å². The molecular weight excluding hydrogens is 266 g/mol. The van der Waals surface area contributed by atoms with E-state index in [1.54, 1.807) is 6.33 Å². The van der Waals surface area contributed by atoms with Crippen LogP contribution in [0.25, 0.3) is 11.2 Å². The minimum Gasteiger partial charge on any atom is -0.476 e. The van der Waals surface area contributed by atoms with E-state index in [9.17, 15) is 0 Å². The Morgan fingerprint density at radius 2 is 2.14 bits per heavy atom. The summed E-state index contributed by atoms with van der Waals surface area (Å²) >= 11 is 0. The molecule has 0 radical (unpaired) electrons. The highest BCUT2D eigenvalue weighted by molar-refractivity contribution is 5.76. The zero-order chi connectivity index (χ0) is 14.5. The molecule has 2 aromatic heterocycles. The number of aromatic amines is 1. The maximum atomic E-state index is 5.98. The average Bonchev–Trinajstić information content (AvgIpc) is 3.00. The normalized spacial score (nSPS) is 16.2. The van der Waals surface area contributed by atoms with E-state index in [2.05, 4.69) is 32.2 Å². The average molecular weight is 289 g/mol. The Labute approximate surface area is 124 Å². The molecule has 3 rings (SSSR count). The van der Waals surface area contributed by atoms with Gasteiger partial charge in [0.2, 0.25) is 11.8 Å². The van der Waals surface area contributed by atoms with Gasteiger partial charge in [-0.2, -0.15) is 9.97 Å². The standard InChI is InChI=1S/C15H23N5O/c1-2-8-16-15-19-13-12(17-10-18-13)14(20-15)21-9-11-6-4-3-5-7-11/h10-11H,2-9H2,1H3,(H2,16,17,18,19,20). The van der Waals surface area contributed by atoms with E-state index < -0.39 is 0 Å². The molecule has 0 atom stereocenters. The van der Waals surface area contributed by atoms with Crippen LogP contribution in [0.3, 0.4) is 0 Å². The Balaban J connectivity index is 1.73. The Hall–Kier alpha value is -1.85. The first-order valence-electron chi connectivity index (χ1n) is 7.94. The molecule has 0 bridgehead atoms. The van der Waals surface area contributed by atoms with Gasteiger partial charge in [-0.25, -0.2) is 4.98 Å². The van der Waals surface area contributed by atoms with Crippen LogP contribution in [0.5, 0.6) is 5.88 Å². The van der Waals surface area contributed by atoms with Crippen LogP contribution in [0.4, 0.5) is 5.95 Å². The number of nitrogens with zero attached hydrogens (tertiary/aromatic N) is 3. The van der Waals surface area contributed by atoms with Crippen molar-refractivity contribution in [1.29, 1.82) is 0 Å². The van der Waals surface area contributed by atoms with Gasteiger partial charge >= 0.3 is 0 Å². The lowest BCUT2D eigenvalue weighted by Crippen LogP contribution is -2.16. The van der Waals surface area contributed by atoms with Crippen molar-refractivity contribution in [3.05, 3.63) is 6.33 Å². The Morgan fingerprint density at radius 3 is 2.95 bits per heavy atom. The van der Waals surface area contributed by atoms with Crippen LogP contribution < -0.4 is 10.1 Å². The highest BCUT2D eigenvalue weighted by Crippen LogP contribution is 2.26. The molecule has 1 fully saturated rings. The summed E-state index contributed by atoms with van der Waals surface area (Å²) in [5.74, 6) is 1.86. The fourth-order valence-corrected chi connectivity index (χ4v) is 2.78. The fourth-order valence-electron chi connectivity index (χ4n) is 2.78. The number of nitrogens with one attached hydrogen (secondary N) is 2. The molecule has 114 valence electrons. The highest BCUT2D eigenvalue weighted by Gasteiger charge is 2.16. The molecule has 2 N–H and O–H groups in total. The summed E-state index contributed by atoms with van der Waals surface area (Å²) in [4.78, 5) is 16.1. The quantitative estimate of drug-likeness (QED) is 0.854. The predicted molar refractivity (Wildman–Crippen MR) is 82.5 cm³/mol. The van der Waals surface area contributed by atoms with Crippen molar-refractivity contribution in [3.63, 3.8) is 0 Å². The maximum Gasteiger partial charge on any atom is 0.245 e. The molecule has 0 aliphatic heterocycles. The number of hydrogen-bond acceptors (Lipinski definition) is 5. The van der Waals surface area contributed by atoms with Gasteiger partial charge in [0.25, 0.3) is 0 Å². The minimum absolute atomic E-state index is 0.593. The highest BCUT2D eigenvalue weighted by atomic mass is 16.5. The van der Waals surface area contributed by atoms with E-state index in [0.29, 0.717) is 23.4 Å². The number of fused-ring (bicyclic) bond motifs is 1. The fraction of sp³-hybridized carbons (Fsp3) is 0.667. The van der Waals surface area contributed by atoms with Crippen LogP contribution in [0.1, 0.15) is 45.4 Å². The first-order valence-corrected chi connectivity index (χ1v) is 7.94. The molecule has 1 aliphatic rings. The monoisotopic (exact) mass is 289 g/mol. The van der Waals surface area contributed by atoms with Gasteiger partial charge in [-0.15, -0.1) is 0 Å². The lowest BCUT2D eigenvalue weighted by Gasteiger charge is -2.21. The molecule has 0 saturated heterocycles. The van der Waals surface area contributed by atoms with Crippen LogP contribution in [0.15, 0.2) is 6.33 Å². The first kappa shape index (κ1) is 14.1. The molecule has 1 saturated carbocycles. The van der Waals surface area contributed by atoms with Gasteiger partial charge in [0.1, 0.15) is 5.52 Å². The predicted octanol–water partition coefficient (Wildman–Crippen LogP) is 3.13. The van der Waals surface area contributed by atoms with Crippen molar-refractivity contribution in [1.82, 2.24) is 19.9 Å². The van der Waals surface area contributed by atoms with Crippen LogP contribution in [0, 0.1) is 5.92 Å². The zero-order valence-corrected chi connectivity index (χ0v) is 12.6. The van der Waals surface area contributed by atoms with Gasteiger partial charge in [0.15, 0.2) is 5.65 Å². The third kappa shape index (κ3) is 3.43. The third-order valence-corrected chi connectivity index (χ3v) is 3.97. The smallest absolute Gasteiger partial charge is 0.245 e. The van der Waals surface area contributed by atoms with Gasteiger partial charge in [-0.3, -0.25) is 0 Å². The minimum atomic E-state index is 0.593. The van der Waals surface area contributed by atoms with Crippen molar-refractivity contribution < 1.29 is 4.74 Å². The van der Waals surface area contributed by atoms with Crippen LogP contribution >= 0.6 is 0 Å². The van der Waals surface area contributed by atoms with E-state index in [-0.39, 0.29) is 0 Å². The Bertz CT molecular complexity index is 576. The Kier molecular flexibility index (Phi) is 4.52. The summed E-state index contributed by atoms with van der Waals surface area (Å²) in [6.45, 7) is 3.69.